The van der Waals surface area contributed by atoms with Crippen LogP contribution in [0, 0.1) is 11.8 Å². The molecule has 3 fully saturated rings. The second-order valence-electron chi connectivity index (χ2n) is 7.89. The molecule has 0 N–H and O–H groups in total. The first-order valence-corrected chi connectivity index (χ1v) is 9.61. The van der Waals surface area contributed by atoms with Gasteiger partial charge in [-0.3, -0.25) is 9.69 Å². The van der Waals surface area contributed by atoms with E-state index in [-0.39, 0.29) is 18.1 Å². The molecule has 3 aliphatic rings. The van der Waals surface area contributed by atoms with Crippen molar-refractivity contribution >= 4 is 5.97 Å². The highest BCUT2D eigenvalue weighted by molar-refractivity contribution is 5.76. The zero-order valence-electron chi connectivity index (χ0n) is 14.6. The third-order valence-electron chi connectivity index (χ3n) is 6.25. The first-order valence-electron chi connectivity index (χ1n) is 9.61. The molecule has 3 heteroatoms. The van der Waals surface area contributed by atoms with Crippen LogP contribution in [0.3, 0.4) is 0 Å². The molecular formula is C19H33NO2. The van der Waals surface area contributed by atoms with Gasteiger partial charge in [0.05, 0.1) is 6.10 Å². The van der Waals surface area contributed by atoms with Crippen LogP contribution >= 0.6 is 0 Å². The minimum absolute atomic E-state index is 0.00606. The number of hydrogen-bond donors (Lipinski definition) is 0. The lowest BCUT2D eigenvalue weighted by Gasteiger charge is -2.39. The van der Waals surface area contributed by atoms with Gasteiger partial charge in [0.15, 0.2) is 0 Å². The van der Waals surface area contributed by atoms with E-state index in [0.29, 0.717) is 12.1 Å². The second kappa shape index (κ2) is 6.90. The van der Waals surface area contributed by atoms with Gasteiger partial charge in [0, 0.05) is 12.1 Å². The van der Waals surface area contributed by atoms with E-state index in [2.05, 4.69) is 11.8 Å². The van der Waals surface area contributed by atoms with Gasteiger partial charge >= 0.3 is 5.97 Å². The Bertz CT molecular complexity index is 373. The van der Waals surface area contributed by atoms with Gasteiger partial charge in [-0.05, 0) is 57.8 Å². The lowest BCUT2D eigenvalue weighted by Crippen LogP contribution is -2.51. The number of nitrogens with zero attached hydrogens (tertiary/aromatic N) is 1. The average Bonchev–Trinajstić information content (AvgIpc) is 2.83. The zero-order chi connectivity index (χ0) is 15.7. The molecule has 0 radical (unpaired) electrons. The maximum atomic E-state index is 12.7. The summed E-state index contributed by atoms with van der Waals surface area (Å²) in [6, 6.07) is 1.28. The van der Waals surface area contributed by atoms with E-state index in [1.165, 1.54) is 51.4 Å². The molecule has 3 rings (SSSR count). The molecule has 0 bridgehead atoms. The zero-order valence-corrected chi connectivity index (χ0v) is 14.6. The average molecular weight is 307 g/mol. The third kappa shape index (κ3) is 2.93. The molecule has 2 saturated carbocycles. The number of esters is 1. The molecule has 5 unspecified atom stereocenters. The molecule has 0 aromatic carbocycles. The first kappa shape index (κ1) is 16.3. The van der Waals surface area contributed by atoms with Crippen LogP contribution in [0.25, 0.3) is 0 Å². The first-order chi connectivity index (χ1) is 10.6. The molecule has 0 aromatic rings. The lowest BCUT2D eigenvalue weighted by molar-refractivity contribution is -0.156. The van der Waals surface area contributed by atoms with Gasteiger partial charge in [0.25, 0.3) is 0 Å². The molecule has 0 amide bonds. The molecule has 22 heavy (non-hydrogen) atoms. The van der Waals surface area contributed by atoms with Crippen LogP contribution in [-0.2, 0) is 9.53 Å². The Hall–Kier alpha value is -0.570. The second-order valence-corrected chi connectivity index (χ2v) is 7.89. The highest BCUT2D eigenvalue weighted by atomic mass is 16.5. The normalized spacial score (nSPS) is 36.7. The Morgan fingerprint density at radius 3 is 1.95 bits per heavy atom. The van der Waals surface area contributed by atoms with Crippen LogP contribution in [0.2, 0.25) is 0 Å². The van der Waals surface area contributed by atoms with Crippen LogP contribution in [-0.4, -0.2) is 35.1 Å². The highest BCUT2D eigenvalue weighted by Gasteiger charge is 2.52. The van der Waals surface area contributed by atoms with Crippen molar-refractivity contribution in [3.63, 3.8) is 0 Å². The fourth-order valence-electron chi connectivity index (χ4n) is 5.54. The molecule has 126 valence electrons. The standard InChI is InChI=1S/C19H33NO2/c1-4-16(19(21)22-13(2)3)20-17-11-7-5-9-14(17)15-10-6-8-12-18(15)20/h13-18H,4-12H2,1-3H3. The summed E-state index contributed by atoms with van der Waals surface area (Å²) < 4.78 is 5.59. The number of carbonyl (C=O) groups is 1. The maximum absolute atomic E-state index is 12.7. The predicted octanol–water partition coefficient (Wildman–Crippen LogP) is 4.15. The van der Waals surface area contributed by atoms with Crippen molar-refractivity contribution in [3.8, 4) is 0 Å². The number of likely N-dealkylation sites (tertiary alicyclic amines) is 1. The molecule has 5 atom stereocenters. The monoisotopic (exact) mass is 307 g/mol. The molecule has 1 heterocycles. The van der Waals surface area contributed by atoms with Crippen molar-refractivity contribution in [2.45, 2.75) is 103 Å². The van der Waals surface area contributed by atoms with E-state index >= 15 is 0 Å². The van der Waals surface area contributed by atoms with Gasteiger partial charge in [0.1, 0.15) is 6.04 Å². The van der Waals surface area contributed by atoms with Crippen molar-refractivity contribution in [2.24, 2.45) is 11.8 Å². The topological polar surface area (TPSA) is 29.5 Å². The molecule has 1 saturated heterocycles. The van der Waals surface area contributed by atoms with Crippen LogP contribution in [0.4, 0.5) is 0 Å². The van der Waals surface area contributed by atoms with Gasteiger partial charge in [-0.25, -0.2) is 0 Å². The van der Waals surface area contributed by atoms with Gasteiger partial charge < -0.3 is 4.74 Å². The number of ether oxygens (including phenoxy) is 1. The Morgan fingerprint density at radius 1 is 1.00 bits per heavy atom. The Balaban J connectivity index is 1.83. The van der Waals surface area contributed by atoms with E-state index in [9.17, 15) is 4.79 Å². The quantitative estimate of drug-likeness (QED) is 0.731. The fourth-order valence-corrected chi connectivity index (χ4v) is 5.54. The summed E-state index contributed by atoms with van der Waals surface area (Å²) >= 11 is 0. The van der Waals surface area contributed by atoms with Crippen molar-refractivity contribution in [1.82, 2.24) is 4.90 Å². The molecule has 0 spiro atoms. The number of hydrogen-bond acceptors (Lipinski definition) is 3. The van der Waals surface area contributed by atoms with Crippen molar-refractivity contribution in [1.29, 1.82) is 0 Å². The summed E-state index contributed by atoms with van der Waals surface area (Å²) in [6.45, 7) is 6.07. The van der Waals surface area contributed by atoms with Crippen molar-refractivity contribution in [2.75, 3.05) is 0 Å². The van der Waals surface area contributed by atoms with Crippen LogP contribution < -0.4 is 0 Å². The molecule has 1 aliphatic heterocycles. The highest BCUT2D eigenvalue weighted by Crippen LogP contribution is 2.50. The van der Waals surface area contributed by atoms with E-state index in [4.69, 9.17) is 4.74 Å². The molecule has 2 aliphatic carbocycles. The Labute approximate surface area is 135 Å². The van der Waals surface area contributed by atoms with Gasteiger partial charge in [-0.1, -0.05) is 32.6 Å². The summed E-state index contributed by atoms with van der Waals surface area (Å²) in [6.07, 6.45) is 11.7. The van der Waals surface area contributed by atoms with Crippen molar-refractivity contribution < 1.29 is 9.53 Å². The Kier molecular flexibility index (Phi) is 5.11. The van der Waals surface area contributed by atoms with E-state index < -0.39 is 0 Å². The summed E-state index contributed by atoms with van der Waals surface area (Å²) in [5.41, 5.74) is 0. The summed E-state index contributed by atoms with van der Waals surface area (Å²) in [5, 5.41) is 0. The Morgan fingerprint density at radius 2 is 1.50 bits per heavy atom. The minimum Gasteiger partial charge on any atom is -0.462 e. The van der Waals surface area contributed by atoms with E-state index in [0.717, 1.165) is 18.3 Å². The SMILES string of the molecule is CCC(C(=O)OC(C)C)N1C2CCCCC2C2CCCCC21. The van der Waals surface area contributed by atoms with Crippen LogP contribution in [0.1, 0.15) is 78.6 Å². The summed E-state index contributed by atoms with van der Waals surface area (Å²) in [5.74, 6) is 1.72. The van der Waals surface area contributed by atoms with Crippen molar-refractivity contribution in [3.05, 3.63) is 0 Å². The van der Waals surface area contributed by atoms with E-state index in [1.807, 2.05) is 13.8 Å². The van der Waals surface area contributed by atoms with Crippen LogP contribution in [0.5, 0.6) is 0 Å². The molecular weight excluding hydrogens is 274 g/mol. The third-order valence-corrected chi connectivity index (χ3v) is 6.25. The molecule has 3 nitrogen and oxygen atoms in total. The minimum atomic E-state index is -0.0129. The number of fused-ring (bicyclic) bond motifs is 3. The van der Waals surface area contributed by atoms with Gasteiger partial charge in [-0.15, -0.1) is 0 Å². The summed E-state index contributed by atoms with van der Waals surface area (Å²) in [7, 11) is 0. The molecule has 0 aromatic heterocycles. The summed E-state index contributed by atoms with van der Waals surface area (Å²) in [4.78, 5) is 15.3. The lowest BCUT2D eigenvalue weighted by atomic mass is 9.73. The number of carbonyl (C=O) groups excluding carboxylic acids is 1. The maximum Gasteiger partial charge on any atom is 0.323 e. The smallest absolute Gasteiger partial charge is 0.323 e. The predicted molar refractivity (Wildman–Crippen MR) is 88.6 cm³/mol. The number of rotatable bonds is 4. The van der Waals surface area contributed by atoms with Gasteiger partial charge in [0.2, 0.25) is 0 Å². The van der Waals surface area contributed by atoms with Gasteiger partial charge in [-0.2, -0.15) is 0 Å². The van der Waals surface area contributed by atoms with Crippen LogP contribution in [0.15, 0.2) is 0 Å². The fraction of sp³-hybridized carbons (Fsp3) is 0.947. The van der Waals surface area contributed by atoms with E-state index in [1.54, 1.807) is 0 Å². The largest absolute Gasteiger partial charge is 0.462 e.